The topological polar surface area (TPSA) is 112 Å². The summed E-state index contributed by atoms with van der Waals surface area (Å²) in [5.41, 5.74) is 4.77. The van der Waals surface area contributed by atoms with Gasteiger partial charge in [0, 0.05) is 18.2 Å². The molecule has 4 aromatic rings. The number of amides is 3. The molecule has 8 nitrogen and oxygen atoms in total. The number of nitrogens with zero attached hydrogens (tertiary/aromatic N) is 3. The number of nitriles is 1. The maximum absolute atomic E-state index is 14.7. The summed E-state index contributed by atoms with van der Waals surface area (Å²) in [6.45, 7) is 2.48. The first-order valence-electron chi connectivity index (χ1n) is 12.3. The minimum absolute atomic E-state index is 0.00126. The van der Waals surface area contributed by atoms with Crippen molar-refractivity contribution in [3.05, 3.63) is 94.9 Å². The van der Waals surface area contributed by atoms with E-state index < -0.39 is 11.8 Å². The molecule has 1 aliphatic rings. The second kappa shape index (κ2) is 10.6. The van der Waals surface area contributed by atoms with E-state index in [1.165, 1.54) is 6.07 Å². The molecule has 0 unspecified atom stereocenters. The molecular formula is C29H25FN6O2. The third-order valence-corrected chi connectivity index (χ3v) is 6.38. The van der Waals surface area contributed by atoms with Crippen molar-refractivity contribution in [3.63, 3.8) is 0 Å². The maximum atomic E-state index is 14.7. The molecule has 38 heavy (non-hydrogen) atoms. The minimum atomic E-state index is -0.643. The number of fused-ring (bicyclic) bond motifs is 1. The van der Waals surface area contributed by atoms with Gasteiger partial charge in [0.25, 0.3) is 5.91 Å². The highest BCUT2D eigenvalue weighted by molar-refractivity contribution is 6.01. The Hall–Kier alpha value is -4.97. The van der Waals surface area contributed by atoms with Crippen LogP contribution in [0, 0.1) is 17.1 Å². The molecule has 3 amide bonds. The van der Waals surface area contributed by atoms with Gasteiger partial charge in [0.2, 0.25) is 0 Å². The molecule has 0 aliphatic carbocycles. The number of aromatic nitrogens is 2. The summed E-state index contributed by atoms with van der Waals surface area (Å²) in [7, 11) is 0. The number of hydrogen-bond acceptors (Lipinski definition) is 4. The lowest BCUT2D eigenvalue weighted by molar-refractivity contribution is 0.0965. The standard InChI is InChI=1S/C29H25FN6O2/c1-2-3-7-20-15-27(36(35-20)21-8-4-6-18(13-21)16-31)34-29(38)33-26-14-19(11-12-25(26)30)22-9-5-10-23-24(22)17-32-28(23)37/h4-6,8-15H,2-3,7,17H2,1H3,(H,32,37)(H2,33,34,38). The quantitative estimate of drug-likeness (QED) is 0.294. The largest absolute Gasteiger partial charge is 0.348 e. The maximum Gasteiger partial charge on any atom is 0.324 e. The third-order valence-electron chi connectivity index (χ3n) is 6.38. The van der Waals surface area contributed by atoms with Crippen molar-refractivity contribution < 1.29 is 14.0 Å². The zero-order chi connectivity index (χ0) is 26.6. The average Bonchev–Trinajstić information content (AvgIpc) is 3.51. The minimum Gasteiger partial charge on any atom is -0.348 e. The molecule has 0 bridgehead atoms. The van der Waals surface area contributed by atoms with E-state index in [1.807, 2.05) is 6.07 Å². The van der Waals surface area contributed by atoms with Crippen LogP contribution in [0.1, 0.15) is 46.9 Å². The molecule has 0 fully saturated rings. The van der Waals surface area contributed by atoms with Crippen LogP contribution in [-0.2, 0) is 13.0 Å². The molecule has 0 spiro atoms. The Kier molecular flexibility index (Phi) is 6.87. The highest BCUT2D eigenvalue weighted by Crippen LogP contribution is 2.32. The van der Waals surface area contributed by atoms with Crippen LogP contribution in [-0.4, -0.2) is 21.7 Å². The Morgan fingerprint density at radius 2 is 1.92 bits per heavy atom. The molecule has 3 N–H and O–H groups in total. The van der Waals surface area contributed by atoms with Crippen LogP contribution in [0.25, 0.3) is 16.8 Å². The number of anilines is 2. The van der Waals surface area contributed by atoms with Crippen molar-refractivity contribution in [1.29, 1.82) is 5.26 Å². The average molecular weight is 509 g/mol. The van der Waals surface area contributed by atoms with E-state index in [9.17, 15) is 19.2 Å². The Labute approximate surface area is 219 Å². The first kappa shape index (κ1) is 24.7. The van der Waals surface area contributed by atoms with Gasteiger partial charge in [-0.05, 0) is 65.9 Å². The van der Waals surface area contributed by atoms with E-state index in [0.29, 0.717) is 34.7 Å². The fourth-order valence-corrected chi connectivity index (χ4v) is 4.49. The Bertz CT molecular complexity index is 1590. The molecule has 1 aliphatic heterocycles. The van der Waals surface area contributed by atoms with Crippen LogP contribution >= 0.6 is 0 Å². The SMILES string of the molecule is CCCCc1cc(NC(=O)Nc2cc(-c3cccc4c3CNC4=O)ccc2F)n(-c2cccc(C#N)c2)n1. The van der Waals surface area contributed by atoms with Crippen LogP contribution in [0.4, 0.5) is 20.7 Å². The molecule has 190 valence electrons. The fraction of sp³-hybridized carbons (Fsp3) is 0.172. The van der Waals surface area contributed by atoms with Gasteiger partial charge < -0.3 is 10.6 Å². The molecule has 5 rings (SSSR count). The van der Waals surface area contributed by atoms with Gasteiger partial charge in [-0.2, -0.15) is 10.4 Å². The van der Waals surface area contributed by atoms with Crippen molar-refractivity contribution in [2.45, 2.75) is 32.7 Å². The Balaban J connectivity index is 1.41. The van der Waals surface area contributed by atoms with E-state index in [0.717, 1.165) is 36.1 Å². The summed E-state index contributed by atoms with van der Waals surface area (Å²) in [6, 6.07) is 20.0. The van der Waals surface area contributed by atoms with Crippen molar-refractivity contribution in [2.75, 3.05) is 10.6 Å². The second-order valence-electron chi connectivity index (χ2n) is 8.99. The summed E-state index contributed by atoms with van der Waals surface area (Å²) in [6.07, 6.45) is 2.65. The zero-order valence-corrected chi connectivity index (χ0v) is 20.7. The number of aryl methyl sites for hydroxylation is 1. The number of halogens is 1. The first-order chi connectivity index (χ1) is 18.5. The summed E-state index contributed by atoms with van der Waals surface area (Å²) in [5, 5.41) is 22.1. The van der Waals surface area contributed by atoms with Crippen LogP contribution < -0.4 is 16.0 Å². The van der Waals surface area contributed by atoms with E-state index >= 15 is 0 Å². The van der Waals surface area contributed by atoms with Gasteiger partial charge in [-0.15, -0.1) is 0 Å². The van der Waals surface area contributed by atoms with Crippen molar-refractivity contribution in [2.24, 2.45) is 0 Å². The van der Waals surface area contributed by atoms with E-state index in [2.05, 4.69) is 34.0 Å². The van der Waals surface area contributed by atoms with Crippen molar-refractivity contribution in [3.8, 4) is 22.9 Å². The van der Waals surface area contributed by atoms with Crippen molar-refractivity contribution >= 4 is 23.4 Å². The van der Waals surface area contributed by atoms with Crippen LogP contribution in [0.2, 0.25) is 0 Å². The summed E-state index contributed by atoms with van der Waals surface area (Å²) >= 11 is 0. The molecule has 3 aromatic carbocycles. The third kappa shape index (κ3) is 4.97. The number of rotatable bonds is 7. The zero-order valence-electron chi connectivity index (χ0n) is 20.7. The van der Waals surface area contributed by atoms with Crippen LogP contribution in [0.15, 0.2) is 66.7 Å². The first-order valence-corrected chi connectivity index (χ1v) is 12.3. The lowest BCUT2D eigenvalue weighted by atomic mass is 9.96. The van der Waals surface area contributed by atoms with Gasteiger partial charge >= 0.3 is 6.03 Å². The number of urea groups is 1. The smallest absolute Gasteiger partial charge is 0.324 e. The summed E-state index contributed by atoms with van der Waals surface area (Å²) < 4.78 is 16.3. The molecule has 9 heteroatoms. The van der Waals surface area contributed by atoms with E-state index in [1.54, 1.807) is 59.3 Å². The van der Waals surface area contributed by atoms with Crippen LogP contribution in [0.3, 0.4) is 0 Å². The molecule has 1 aromatic heterocycles. The Morgan fingerprint density at radius 3 is 2.74 bits per heavy atom. The van der Waals surface area contributed by atoms with Gasteiger partial charge in [-0.1, -0.05) is 37.6 Å². The molecule has 0 atom stereocenters. The van der Waals surface area contributed by atoms with Gasteiger partial charge in [0.1, 0.15) is 11.6 Å². The molecular weight excluding hydrogens is 483 g/mol. The monoisotopic (exact) mass is 508 g/mol. The highest BCUT2D eigenvalue weighted by atomic mass is 19.1. The molecule has 0 saturated carbocycles. The van der Waals surface area contributed by atoms with Gasteiger partial charge in [0.05, 0.1) is 28.7 Å². The van der Waals surface area contributed by atoms with E-state index in [4.69, 9.17) is 0 Å². The van der Waals surface area contributed by atoms with Gasteiger partial charge in [-0.3, -0.25) is 10.1 Å². The van der Waals surface area contributed by atoms with E-state index in [-0.39, 0.29) is 11.6 Å². The second-order valence-corrected chi connectivity index (χ2v) is 8.99. The lowest BCUT2D eigenvalue weighted by Crippen LogP contribution is -2.22. The number of benzene rings is 3. The van der Waals surface area contributed by atoms with Crippen molar-refractivity contribution in [1.82, 2.24) is 15.1 Å². The predicted molar refractivity (Wildman–Crippen MR) is 143 cm³/mol. The van der Waals surface area contributed by atoms with Gasteiger partial charge in [-0.25, -0.2) is 13.9 Å². The number of carbonyl (C=O) groups is 2. The summed E-state index contributed by atoms with van der Waals surface area (Å²) in [4.78, 5) is 25.1. The number of unbranched alkanes of at least 4 members (excludes halogenated alkanes) is 1. The normalized spacial score (nSPS) is 12.0. The molecule has 0 saturated heterocycles. The predicted octanol–water partition coefficient (Wildman–Crippen LogP) is 5.78. The molecule has 0 radical (unpaired) electrons. The number of nitrogens with one attached hydrogen (secondary N) is 3. The lowest BCUT2D eigenvalue weighted by Gasteiger charge is -2.13. The molecule has 2 heterocycles. The van der Waals surface area contributed by atoms with Crippen LogP contribution in [0.5, 0.6) is 0 Å². The fourth-order valence-electron chi connectivity index (χ4n) is 4.49. The number of carbonyl (C=O) groups excluding carboxylic acids is 2. The Morgan fingerprint density at radius 1 is 1.11 bits per heavy atom. The van der Waals surface area contributed by atoms with Gasteiger partial charge in [0.15, 0.2) is 0 Å². The number of hydrogen-bond donors (Lipinski definition) is 3. The summed E-state index contributed by atoms with van der Waals surface area (Å²) in [5.74, 6) is -0.341. The highest BCUT2D eigenvalue weighted by Gasteiger charge is 2.22.